The molecule has 0 aliphatic carbocycles. The summed E-state index contributed by atoms with van der Waals surface area (Å²) in [5.41, 5.74) is 0.930. The SMILES string of the molecule is CN=C(NCc1ccc(OCC(F)(F)F)cc1)NC1CCN(c2cccs2)CC1. The first kappa shape index (κ1) is 21.3. The molecule has 0 unspecified atom stereocenters. The molecule has 1 fully saturated rings. The Morgan fingerprint density at radius 2 is 1.93 bits per heavy atom. The second kappa shape index (κ2) is 9.87. The van der Waals surface area contributed by atoms with Crippen molar-refractivity contribution in [2.45, 2.75) is 31.6 Å². The predicted octanol–water partition coefficient (Wildman–Crippen LogP) is 4.02. The highest BCUT2D eigenvalue weighted by Gasteiger charge is 2.28. The van der Waals surface area contributed by atoms with Gasteiger partial charge < -0.3 is 20.3 Å². The summed E-state index contributed by atoms with van der Waals surface area (Å²) in [6, 6.07) is 11.1. The number of nitrogens with one attached hydrogen (secondary N) is 2. The number of hydrogen-bond donors (Lipinski definition) is 2. The van der Waals surface area contributed by atoms with Crippen LogP contribution in [0.25, 0.3) is 0 Å². The molecule has 158 valence electrons. The Morgan fingerprint density at radius 3 is 2.52 bits per heavy atom. The van der Waals surface area contributed by atoms with Gasteiger partial charge in [-0.15, -0.1) is 11.3 Å². The standard InChI is InChI=1S/C20H25F3N4OS/c1-24-19(26-16-8-10-27(11-9-16)18-3-2-12-29-18)25-13-15-4-6-17(7-5-15)28-14-20(21,22)23/h2-7,12,16H,8-11,13-14H2,1H3,(H2,24,25,26). The Kier molecular flexibility index (Phi) is 7.24. The molecule has 1 aliphatic heterocycles. The molecule has 0 amide bonds. The van der Waals surface area contributed by atoms with E-state index in [4.69, 9.17) is 4.74 Å². The largest absolute Gasteiger partial charge is 0.484 e. The maximum Gasteiger partial charge on any atom is 0.422 e. The molecule has 1 aromatic carbocycles. The van der Waals surface area contributed by atoms with Gasteiger partial charge >= 0.3 is 6.18 Å². The first-order valence-corrected chi connectivity index (χ1v) is 10.3. The lowest BCUT2D eigenvalue weighted by Gasteiger charge is -2.33. The maximum atomic E-state index is 12.2. The van der Waals surface area contributed by atoms with Gasteiger partial charge in [0, 0.05) is 32.7 Å². The number of piperidine rings is 1. The lowest BCUT2D eigenvalue weighted by atomic mass is 10.1. The summed E-state index contributed by atoms with van der Waals surface area (Å²) in [6.07, 6.45) is -2.27. The molecule has 5 nitrogen and oxygen atoms in total. The summed E-state index contributed by atoms with van der Waals surface area (Å²) in [4.78, 5) is 6.68. The van der Waals surface area contributed by atoms with E-state index in [1.807, 2.05) is 0 Å². The Labute approximate surface area is 172 Å². The molecule has 29 heavy (non-hydrogen) atoms. The van der Waals surface area contributed by atoms with Crippen molar-refractivity contribution in [2.75, 3.05) is 31.6 Å². The van der Waals surface area contributed by atoms with Crippen LogP contribution in [0.15, 0.2) is 46.8 Å². The minimum absolute atomic E-state index is 0.200. The minimum Gasteiger partial charge on any atom is -0.484 e. The van der Waals surface area contributed by atoms with Gasteiger partial charge in [-0.25, -0.2) is 0 Å². The third-order valence-corrected chi connectivity index (χ3v) is 5.59. The number of benzene rings is 1. The summed E-state index contributed by atoms with van der Waals surface area (Å²) in [5.74, 6) is 0.919. The highest BCUT2D eigenvalue weighted by Crippen LogP contribution is 2.24. The molecular formula is C20H25F3N4OS. The van der Waals surface area contributed by atoms with E-state index in [0.29, 0.717) is 12.6 Å². The molecule has 0 bridgehead atoms. The summed E-state index contributed by atoms with van der Waals surface area (Å²) in [5, 5.41) is 10.1. The van der Waals surface area contributed by atoms with E-state index in [-0.39, 0.29) is 5.75 Å². The van der Waals surface area contributed by atoms with Crippen LogP contribution in [0.2, 0.25) is 0 Å². The van der Waals surface area contributed by atoms with Crippen molar-refractivity contribution in [1.82, 2.24) is 10.6 Å². The summed E-state index contributed by atoms with van der Waals surface area (Å²) in [7, 11) is 1.73. The first-order valence-electron chi connectivity index (χ1n) is 9.47. The Morgan fingerprint density at radius 1 is 1.21 bits per heavy atom. The van der Waals surface area contributed by atoms with Gasteiger partial charge in [0.25, 0.3) is 0 Å². The van der Waals surface area contributed by atoms with Crippen molar-refractivity contribution in [3.63, 3.8) is 0 Å². The monoisotopic (exact) mass is 426 g/mol. The van der Waals surface area contributed by atoms with E-state index in [0.717, 1.165) is 37.5 Å². The molecule has 3 rings (SSSR count). The predicted molar refractivity (Wildman–Crippen MR) is 111 cm³/mol. The van der Waals surface area contributed by atoms with E-state index < -0.39 is 12.8 Å². The minimum atomic E-state index is -4.34. The molecule has 2 heterocycles. The van der Waals surface area contributed by atoms with Gasteiger partial charge in [-0.1, -0.05) is 12.1 Å². The molecule has 2 aromatic rings. The molecule has 1 aromatic heterocycles. The number of hydrogen-bond acceptors (Lipinski definition) is 4. The van der Waals surface area contributed by atoms with Crippen LogP contribution >= 0.6 is 11.3 Å². The van der Waals surface area contributed by atoms with Crippen molar-refractivity contribution < 1.29 is 17.9 Å². The van der Waals surface area contributed by atoms with Gasteiger partial charge in [0.05, 0.1) is 5.00 Å². The average Bonchev–Trinajstić information content (AvgIpc) is 3.25. The van der Waals surface area contributed by atoms with Crippen molar-refractivity contribution in [2.24, 2.45) is 4.99 Å². The third-order valence-electron chi connectivity index (χ3n) is 4.66. The van der Waals surface area contributed by atoms with Crippen LogP contribution in [-0.4, -0.2) is 44.9 Å². The lowest BCUT2D eigenvalue weighted by Crippen LogP contribution is -2.48. The number of rotatable bonds is 6. The number of halogens is 3. The van der Waals surface area contributed by atoms with Crippen molar-refractivity contribution in [3.05, 3.63) is 47.3 Å². The molecular weight excluding hydrogens is 401 g/mol. The summed E-state index contributed by atoms with van der Waals surface area (Å²) in [6.45, 7) is 1.25. The number of alkyl halides is 3. The number of aliphatic imine (C=N–C) groups is 1. The van der Waals surface area contributed by atoms with Crippen LogP contribution in [-0.2, 0) is 6.54 Å². The Bertz CT molecular complexity index is 770. The van der Waals surface area contributed by atoms with Gasteiger partial charge in [0.1, 0.15) is 5.75 Å². The van der Waals surface area contributed by atoms with Crippen LogP contribution in [0.3, 0.4) is 0 Å². The number of nitrogens with zero attached hydrogens (tertiary/aromatic N) is 2. The van der Waals surface area contributed by atoms with Gasteiger partial charge in [0.2, 0.25) is 0 Å². The molecule has 0 radical (unpaired) electrons. The normalized spacial score (nSPS) is 16.0. The first-order chi connectivity index (χ1) is 13.9. The zero-order chi connectivity index (χ0) is 20.7. The number of guanidine groups is 1. The van der Waals surface area contributed by atoms with Gasteiger partial charge in [-0.2, -0.15) is 13.2 Å². The molecule has 0 spiro atoms. The lowest BCUT2D eigenvalue weighted by molar-refractivity contribution is -0.153. The van der Waals surface area contributed by atoms with Gasteiger partial charge in [0.15, 0.2) is 12.6 Å². The molecule has 9 heteroatoms. The maximum absolute atomic E-state index is 12.2. The zero-order valence-corrected chi connectivity index (χ0v) is 17.0. The average molecular weight is 427 g/mol. The van der Waals surface area contributed by atoms with E-state index in [9.17, 15) is 13.2 Å². The van der Waals surface area contributed by atoms with E-state index in [2.05, 4.69) is 38.0 Å². The van der Waals surface area contributed by atoms with Crippen molar-refractivity contribution in [1.29, 1.82) is 0 Å². The van der Waals surface area contributed by atoms with E-state index in [1.165, 1.54) is 5.00 Å². The fraction of sp³-hybridized carbons (Fsp3) is 0.450. The van der Waals surface area contributed by atoms with E-state index in [1.54, 1.807) is 42.6 Å². The Balaban J connectivity index is 1.41. The van der Waals surface area contributed by atoms with Crippen LogP contribution < -0.4 is 20.3 Å². The highest BCUT2D eigenvalue weighted by molar-refractivity contribution is 7.14. The second-order valence-electron chi connectivity index (χ2n) is 6.83. The molecule has 0 atom stereocenters. The van der Waals surface area contributed by atoms with Crippen LogP contribution in [0.1, 0.15) is 18.4 Å². The van der Waals surface area contributed by atoms with Crippen LogP contribution in [0, 0.1) is 0 Å². The number of anilines is 1. The number of ether oxygens (including phenoxy) is 1. The molecule has 1 aliphatic rings. The Hall–Kier alpha value is -2.42. The van der Waals surface area contributed by atoms with Crippen molar-refractivity contribution in [3.8, 4) is 5.75 Å². The summed E-state index contributed by atoms with van der Waals surface area (Å²) >= 11 is 1.76. The fourth-order valence-corrected chi connectivity index (χ4v) is 3.92. The van der Waals surface area contributed by atoms with Crippen LogP contribution in [0.5, 0.6) is 5.75 Å². The van der Waals surface area contributed by atoms with Gasteiger partial charge in [-0.05, 0) is 48.1 Å². The third kappa shape index (κ3) is 6.85. The highest BCUT2D eigenvalue weighted by atomic mass is 32.1. The topological polar surface area (TPSA) is 48.9 Å². The van der Waals surface area contributed by atoms with Gasteiger partial charge in [-0.3, -0.25) is 4.99 Å². The number of thiophene rings is 1. The second-order valence-corrected chi connectivity index (χ2v) is 7.76. The van der Waals surface area contributed by atoms with Crippen LogP contribution in [0.4, 0.5) is 18.2 Å². The summed E-state index contributed by atoms with van der Waals surface area (Å²) < 4.78 is 41.3. The molecule has 0 saturated carbocycles. The quantitative estimate of drug-likeness (QED) is 0.541. The zero-order valence-electron chi connectivity index (χ0n) is 16.2. The smallest absolute Gasteiger partial charge is 0.422 e. The fourth-order valence-electron chi connectivity index (χ4n) is 3.14. The van der Waals surface area contributed by atoms with Crippen molar-refractivity contribution >= 4 is 22.3 Å². The molecule has 1 saturated heterocycles. The molecule has 2 N–H and O–H groups in total. The van der Waals surface area contributed by atoms with E-state index >= 15 is 0 Å².